The van der Waals surface area contributed by atoms with Crippen LogP contribution in [0.5, 0.6) is 0 Å². The zero-order valence-corrected chi connectivity index (χ0v) is 14.7. The van der Waals surface area contributed by atoms with Crippen molar-refractivity contribution in [1.82, 2.24) is 10.2 Å². The Labute approximate surface area is 151 Å². The first-order chi connectivity index (χ1) is 12.4. The average molecular weight is 355 g/mol. The van der Waals surface area contributed by atoms with E-state index in [9.17, 15) is 19.7 Å². The molecule has 26 heavy (non-hydrogen) atoms. The first kappa shape index (κ1) is 19.1. The molecule has 0 spiro atoms. The van der Waals surface area contributed by atoms with Crippen LogP contribution in [0.25, 0.3) is 0 Å². The second-order valence-electron chi connectivity index (χ2n) is 5.86. The highest BCUT2D eigenvalue weighted by atomic mass is 16.6. The normalized spacial score (nSPS) is 11.5. The van der Waals surface area contributed by atoms with Gasteiger partial charge in [-0.25, -0.2) is 0 Å². The highest BCUT2D eigenvalue weighted by Crippen LogP contribution is 2.20. The molecule has 1 atom stereocenters. The summed E-state index contributed by atoms with van der Waals surface area (Å²) in [6.07, 6.45) is -0.147. The molecule has 2 aromatic carbocycles. The Hall–Kier alpha value is -3.22. The summed E-state index contributed by atoms with van der Waals surface area (Å²) in [4.78, 5) is 37.0. The molecule has 0 fully saturated rings. The molecule has 1 N–H and O–H groups in total. The molecule has 2 amide bonds. The summed E-state index contributed by atoms with van der Waals surface area (Å²) < 4.78 is 0. The van der Waals surface area contributed by atoms with Crippen LogP contribution in [0.3, 0.4) is 0 Å². The van der Waals surface area contributed by atoms with Crippen molar-refractivity contribution in [2.24, 2.45) is 0 Å². The Morgan fingerprint density at radius 2 is 1.73 bits per heavy atom. The minimum atomic E-state index is -0.699. The Morgan fingerprint density at radius 3 is 2.35 bits per heavy atom. The van der Waals surface area contributed by atoms with E-state index in [0.29, 0.717) is 5.56 Å². The number of rotatable bonds is 7. The Morgan fingerprint density at radius 1 is 1.12 bits per heavy atom. The summed E-state index contributed by atoms with van der Waals surface area (Å²) in [5.74, 6) is -0.643. The van der Waals surface area contributed by atoms with E-state index in [-0.39, 0.29) is 30.5 Å². The van der Waals surface area contributed by atoms with Crippen molar-refractivity contribution < 1.29 is 14.5 Å². The summed E-state index contributed by atoms with van der Waals surface area (Å²) >= 11 is 0. The zero-order chi connectivity index (χ0) is 19.1. The SMILES string of the molecule is CNC(=O)C(C)N(Cc1ccccc1)C(=O)Cc1ccccc1[N+](=O)[O-]. The fourth-order valence-electron chi connectivity index (χ4n) is 2.67. The molecule has 7 nitrogen and oxygen atoms in total. The van der Waals surface area contributed by atoms with Crippen LogP contribution in [0.2, 0.25) is 0 Å². The maximum Gasteiger partial charge on any atom is 0.273 e. The van der Waals surface area contributed by atoms with E-state index in [2.05, 4.69) is 5.32 Å². The molecule has 0 saturated heterocycles. The molecule has 0 aliphatic heterocycles. The number of carbonyl (C=O) groups is 2. The maximum absolute atomic E-state index is 12.9. The number of benzene rings is 2. The van der Waals surface area contributed by atoms with Crippen LogP contribution in [0.15, 0.2) is 54.6 Å². The van der Waals surface area contributed by atoms with Crippen molar-refractivity contribution >= 4 is 17.5 Å². The summed E-state index contributed by atoms with van der Waals surface area (Å²) in [6.45, 7) is 1.88. The van der Waals surface area contributed by atoms with Gasteiger partial charge in [0, 0.05) is 25.2 Å². The maximum atomic E-state index is 12.9. The molecular formula is C19H21N3O4. The van der Waals surface area contributed by atoms with Crippen molar-refractivity contribution in [3.8, 4) is 0 Å². The molecule has 0 aliphatic rings. The monoisotopic (exact) mass is 355 g/mol. The molecule has 0 aliphatic carbocycles. The molecule has 0 radical (unpaired) electrons. The van der Waals surface area contributed by atoms with E-state index in [1.165, 1.54) is 18.0 Å². The van der Waals surface area contributed by atoms with Gasteiger partial charge in [0.15, 0.2) is 0 Å². The van der Waals surface area contributed by atoms with Gasteiger partial charge in [-0.05, 0) is 12.5 Å². The van der Waals surface area contributed by atoms with Crippen molar-refractivity contribution in [1.29, 1.82) is 0 Å². The summed E-state index contributed by atoms with van der Waals surface area (Å²) in [6, 6.07) is 14.7. The standard InChI is InChI=1S/C19H21N3O4/c1-14(19(24)20-2)21(13-15-8-4-3-5-9-15)18(23)12-16-10-6-7-11-17(16)22(25)26/h3-11,14H,12-13H2,1-2H3,(H,20,24). The lowest BCUT2D eigenvalue weighted by Crippen LogP contribution is -2.47. The van der Waals surface area contributed by atoms with Crippen LogP contribution < -0.4 is 5.32 Å². The topological polar surface area (TPSA) is 92.6 Å². The van der Waals surface area contributed by atoms with Gasteiger partial charge in [0.25, 0.3) is 5.69 Å². The largest absolute Gasteiger partial charge is 0.357 e. The fourth-order valence-corrected chi connectivity index (χ4v) is 2.67. The first-order valence-electron chi connectivity index (χ1n) is 8.21. The van der Waals surface area contributed by atoms with Crippen LogP contribution in [-0.4, -0.2) is 34.7 Å². The van der Waals surface area contributed by atoms with E-state index >= 15 is 0 Å². The van der Waals surface area contributed by atoms with Crippen LogP contribution in [0.1, 0.15) is 18.1 Å². The third-order valence-electron chi connectivity index (χ3n) is 4.14. The number of para-hydroxylation sites is 1. The van der Waals surface area contributed by atoms with Crippen LogP contribution in [0, 0.1) is 10.1 Å². The van der Waals surface area contributed by atoms with Gasteiger partial charge in [0.2, 0.25) is 11.8 Å². The summed E-state index contributed by atoms with van der Waals surface area (Å²) in [5, 5.41) is 13.7. The Bertz CT molecular complexity index is 792. The van der Waals surface area contributed by atoms with E-state index in [1.54, 1.807) is 25.1 Å². The van der Waals surface area contributed by atoms with Crippen LogP contribution >= 0.6 is 0 Å². The quantitative estimate of drug-likeness (QED) is 0.609. The second-order valence-corrected chi connectivity index (χ2v) is 5.86. The average Bonchev–Trinajstić information content (AvgIpc) is 2.65. The predicted molar refractivity (Wildman–Crippen MR) is 97.3 cm³/mol. The van der Waals surface area contributed by atoms with Crippen LogP contribution in [0.4, 0.5) is 5.69 Å². The number of nitrogens with zero attached hydrogens (tertiary/aromatic N) is 2. The second kappa shape index (κ2) is 8.75. The molecule has 1 unspecified atom stereocenters. The van der Waals surface area contributed by atoms with Crippen molar-refractivity contribution in [2.75, 3.05) is 7.05 Å². The van der Waals surface area contributed by atoms with Crippen molar-refractivity contribution in [2.45, 2.75) is 25.9 Å². The van der Waals surface area contributed by atoms with Gasteiger partial charge in [-0.1, -0.05) is 48.5 Å². The van der Waals surface area contributed by atoms with Gasteiger partial charge in [-0.15, -0.1) is 0 Å². The molecular weight excluding hydrogens is 334 g/mol. The molecule has 2 rings (SSSR count). The van der Waals surface area contributed by atoms with E-state index in [4.69, 9.17) is 0 Å². The zero-order valence-electron chi connectivity index (χ0n) is 14.7. The number of nitrogens with one attached hydrogen (secondary N) is 1. The van der Waals surface area contributed by atoms with Crippen LogP contribution in [-0.2, 0) is 22.6 Å². The molecule has 0 aromatic heterocycles. The number of hydrogen-bond donors (Lipinski definition) is 1. The predicted octanol–water partition coefficient (Wildman–Crippen LogP) is 2.30. The number of hydrogen-bond acceptors (Lipinski definition) is 4. The van der Waals surface area contributed by atoms with E-state index in [1.807, 2.05) is 30.3 Å². The van der Waals surface area contributed by atoms with E-state index < -0.39 is 11.0 Å². The number of carbonyl (C=O) groups excluding carboxylic acids is 2. The lowest BCUT2D eigenvalue weighted by molar-refractivity contribution is -0.385. The number of amides is 2. The van der Waals surface area contributed by atoms with Gasteiger partial charge in [-0.3, -0.25) is 19.7 Å². The third kappa shape index (κ3) is 4.66. The fraction of sp³-hybridized carbons (Fsp3) is 0.263. The Kier molecular flexibility index (Phi) is 6.43. The van der Waals surface area contributed by atoms with Gasteiger partial charge < -0.3 is 10.2 Å². The van der Waals surface area contributed by atoms with Gasteiger partial charge in [0.05, 0.1) is 11.3 Å². The molecule has 7 heteroatoms. The first-order valence-corrected chi connectivity index (χ1v) is 8.21. The summed E-state index contributed by atoms with van der Waals surface area (Å²) in [7, 11) is 1.51. The highest BCUT2D eigenvalue weighted by Gasteiger charge is 2.27. The van der Waals surface area contributed by atoms with Crippen molar-refractivity contribution in [3.63, 3.8) is 0 Å². The highest BCUT2D eigenvalue weighted by molar-refractivity contribution is 5.88. The van der Waals surface area contributed by atoms with E-state index in [0.717, 1.165) is 5.56 Å². The lowest BCUT2D eigenvalue weighted by atomic mass is 10.1. The third-order valence-corrected chi connectivity index (χ3v) is 4.14. The number of nitro groups is 1. The minimum absolute atomic E-state index is 0.104. The minimum Gasteiger partial charge on any atom is -0.357 e. The van der Waals surface area contributed by atoms with Gasteiger partial charge in [-0.2, -0.15) is 0 Å². The molecule has 0 heterocycles. The molecule has 136 valence electrons. The van der Waals surface area contributed by atoms with Crippen molar-refractivity contribution in [3.05, 3.63) is 75.8 Å². The Balaban J connectivity index is 2.28. The lowest BCUT2D eigenvalue weighted by Gasteiger charge is -2.28. The molecule has 2 aromatic rings. The summed E-state index contributed by atoms with van der Waals surface area (Å²) in [5.41, 5.74) is 1.09. The molecule has 0 saturated carbocycles. The van der Waals surface area contributed by atoms with Gasteiger partial charge in [0.1, 0.15) is 6.04 Å². The number of nitro benzene ring substituents is 1. The molecule has 0 bridgehead atoms. The smallest absolute Gasteiger partial charge is 0.273 e. The van der Waals surface area contributed by atoms with Gasteiger partial charge >= 0.3 is 0 Å². The number of likely N-dealkylation sites (N-methyl/N-ethyl adjacent to an activating group) is 1.